The third-order valence-electron chi connectivity index (χ3n) is 5.51. The molecule has 0 amide bonds. The van der Waals surface area contributed by atoms with Crippen LogP contribution in [0.2, 0.25) is 0 Å². The molecule has 3 heterocycles. The van der Waals surface area contributed by atoms with Crippen molar-refractivity contribution in [1.82, 2.24) is 19.8 Å². The molecule has 5 nitrogen and oxygen atoms in total. The molecular weight excluding hydrogens is 344 g/mol. The number of hydrogen-bond acceptors (Lipinski definition) is 3. The Balaban J connectivity index is 1.76. The van der Waals surface area contributed by atoms with E-state index in [-0.39, 0.29) is 18.7 Å². The lowest BCUT2D eigenvalue weighted by atomic mass is 9.96. The predicted molar refractivity (Wildman–Crippen MR) is 106 cm³/mol. The topological polar surface area (TPSA) is 53.3 Å². The first kappa shape index (κ1) is 17.5. The maximum atomic E-state index is 9.33. The number of hydrogen-bond donors (Lipinski definition) is 2. The highest BCUT2D eigenvalue weighted by molar-refractivity contribution is 7.80. The largest absolute Gasteiger partial charge is 0.396 e. The molecule has 0 bridgehead atoms. The zero-order valence-corrected chi connectivity index (χ0v) is 16.2. The quantitative estimate of drug-likeness (QED) is 0.765. The minimum atomic E-state index is 0.0237. The lowest BCUT2D eigenvalue weighted by molar-refractivity contribution is 0.247. The molecule has 1 saturated heterocycles. The van der Waals surface area contributed by atoms with Crippen molar-refractivity contribution in [1.29, 1.82) is 0 Å². The van der Waals surface area contributed by atoms with Crippen molar-refractivity contribution in [3.8, 4) is 0 Å². The molecule has 1 aliphatic heterocycles. The standard InChI is InChI=1S/C20H26N4OS/c1-13-12-16(14(2)24(13)15-7-8-15)19-18(17-6-3-4-9-21-17)22-20(26)23(19)10-5-11-25/h3-4,6,9,12,15,18-19,25H,5,7-8,10-11H2,1-2H3,(H,22,26)/t18-,19+/m1/s1. The van der Waals surface area contributed by atoms with E-state index >= 15 is 0 Å². The van der Waals surface area contributed by atoms with Gasteiger partial charge in [-0.15, -0.1) is 0 Å². The van der Waals surface area contributed by atoms with E-state index in [2.05, 4.69) is 45.7 Å². The molecule has 4 rings (SSSR count). The van der Waals surface area contributed by atoms with Crippen LogP contribution < -0.4 is 5.32 Å². The number of nitrogens with zero attached hydrogens (tertiary/aromatic N) is 3. The maximum absolute atomic E-state index is 9.33. The summed E-state index contributed by atoms with van der Waals surface area (Å²) in [6.45, 7) is 5.33. The Morgan fingerprint density at radius 1 is 1.31 bits per heavy atom. The summed E-state index contributed by atoms with van der Waals surface area (Å²) in [5.74, 6) is 0. The summed E-state index contributed by atoms with van der Waals surface area (Å²) in [6, 6.07) is 9.11. The maximum Gasteiger partial charge on any atom is 0.170 e. The molecule has 1 aliphatic carbocycles. The van der Waals surface area contributed by atoms with Crippen LogP contribution in [0.3, 0.4) is 0 Å². The lowest BCUT2D eigenvalue weighted by Crippen LogP contribution is -2.31. The molecule has 138 valence electrons. The van der Waals surface area contributed by atoms with Gasteiger partial charge in [0.05, 0.1) is 17.8 Å². The second-order valence-corrected chi connectivity index (χ2v) is 7.71. The van der Waals surface area contributed by atoms with Gasteiger partial charge in [-0.2, -0.15) is 0 Å². The Kier molecular flexibility index (Phi) is 4.71. The van der Waals surface area contributed by atoms with Crippen LogP contribution in [0, 0.1) is 13.8 Å². The Labute approximate surface area is 160 Å². The highest BCUT2D eigenvalue weighted by Gasteiger charge is 2.41. The van der Waals surface area contributed by atoms with Gasteiger partial charge < -0.3 is 19.9 Å². The summed E-state index contributed by atoms with van der Waals surface area (Å²) in [7, 11) is 0. The normalized spacial score (nSPS) is 22.7. The Morgan fingerprint density at radius 3 is 2.77 bits per heavy atom. The highest BCUT2D eigenvalue weighted by Crippen LogP contribution is 2.44. The molecule has 2 aromatic heterocycles. The molecule has 6 heteroatoms. The molecule has 2 N–H and O–H groups in total. The van der Waals surface area contributed by atoms with Crippen LogP contribution in [0.15, 0.2) is 30.5 Å². The van der Waals surface area contributed by atoms with Gasteiger partial charge in [-0.3, -0.25) is 4.98 Å². The summed E-state index contributed by atoms with van der Waals surface area (Å²) >= 11 is 5.65. The molecule has 0 radical (unpaired) electrons. The van der Waals surface area contributed by atoms with E-state index in [9.17, 15) is 5.11 Å². The molecule has 0 aromatic carbocycles. The summed E-state index contributed by atoms with van der Waals surface area (Å²) in [5.41, 5.74) is 4.97. The number of rotatable bonds is 6. The fourth-order valence-corrected chi connectivity index (χ4v) is 4.55. The molecule has 2 atom stereocenters. The lowest BCUT2D eigenvalue weighted by Gasteiger charge is -2.28. The van der Waals surface area contributed by atoms with Gasteiger partial charge in [0, 0.05) is 36.8 Å². The van der Waals surface area contributed by atoms with Crippen LogP contribution in [-0.4, -0.2) is 37.8 Å². The van der Waals surface area contributed by atoms with E-state index < -0.39 is 0 Å². The van der Waals surface area contributed by atoms with Gasteiger partial charge in [-0.25, -0.2) is 0 Å². The van der Waals surface area contributed by atoms with Gasteiger partial charge in [-0.1, -0.05) is 6.07 Å². The highest BCUT2D eigenvalue weighted by atomic mass is 32.1. The second kappa shape index (κ2) is 7.00. The zero-order valence-electron chi connectivity index (χ0n) is 15.4. The predicted octanol–water partition coefficient (Wildman–Crippen LogP) is 3.19. The van der Waals surface area contributed by atoms with Crippen LogP contribution in [0.25, 0.3) is 0 Å². The Morgan fingerprint density at radius 2 is 2.12 bits per heavy atom. The average molecular weight is 371 g/mol. The van der Waals surface area contributed by atoms with Crippen molar-refractivity contribution in [2.45, 2.75) is 51.2 Å². The van der Waals surface area contributed by atoms with Gasteiger partial charge in [0.25, 0.3) is 0 Å². The molecule has 2 fully saturated rings. The number of thiocarbonyl (C=S) groups is 1. The number of nitrogens with one attached hydrogen (secondary N) is 1. The van der Waals surface area contributed by atoms with E-state index in [1.807, 2.05) is 18.3 Å². The second-order valence-electron chi connectivity index (χ2n) is 7.32. The molecule has 0 spiro atoms. The third kappa shape index (κ3) is 3.01. The Hall–Kier alpha value is -1.92. The first-order chi connectivity index (χ1) is 12.6. The first-order valence-electron chi connectivity index (χ1n) is 9.39. The van der Waals surface area contributed by atoms with Gasteiger partial charge in [0.2, 0.25) is 0 Å². The summed E-state index contributed by atoms with van der Waals surface area (Å²) in [4.78, 5) is 6.81. The average Bonchev–Trinajstić information content (AvgIpc) is 3.36. The van der Waals surface area contributed by atoms with Crippen LogP contribution in [0.5, 0.6) is 0 Å². The van der Waals surface area contributed by atoms with Crippen LogP contribution in [0.1, 0.15) is 60.0 Å². The SMILES string of the molecule is Cc1cc([C@H]2[C@@H](c3ccccn3)NC(=S)N2CCCO)c(C)n1C1CC1. The smallest absolute Gasteiger partial charge is 0.170 e. The van der Waals surface area contributed by atoms with Crippen LogP contribution in [-0.2, 0) is 0 Å². The molecular formula is C20H26N4OS. The van der Waals surface area contributed by atoms with Crippen molar-refractivity contribution >= 4 is 17.3 Å². The monoisotopic (exact) mass is 370 g/mol. The van der Waals surface area contributed by atoms with Crippen LogP contribution in [0.4, 0.5) is 0 Å². The fourth-order valence-electron chi connectivity index (χ4n) is 4.22. The fraction of sp³-hybridized carbons (Fsp3) is 0.500. The van der Waals surface area contributed by atoms with Gasteiger partial charge in [0.15, 0.2) is 5.11 Å². The number of aliphatic hydroxyl groups excluding tert-OH is 1. The van der Waals surface area contributed by atoms with Crippen molar-refractivity contribution in [2.24, 2.45) is 0 Å². The van der Waals surface area contributed by atoms with E-state index in [0.29, 0.717) is 12.5 Å². The van der Waals surface area contributed by atoms with Crippen molar-refractivity contribution < 1.29 is 5.11 Å². The first-order valence-corrected chi connectivity index (χ1v) is 9.80. The van der Waals surface area contributed by atoms with Crippen molar-refractivity contribution in [2.75, 3.05) is 13.2 Å². The summed E-state index contributed by atoms with van der Waals surface area (Å²) < 4.78 is 2.48. The van der Waals surface area contributed by atoms with Gasteiger partial charge in [-0.05, 0) is 69.1 Å². The Bertz CT molecular complexity index is 800. The minimum Gasteiger partial charge on any atom is -0.396 e. The third-order valence-corrected chi connectivity index (χ3v) is 5.86. The zero-order chi connectivity index (χ0) is 18.3. The minimum absolute atomic E-state index is 0.0237. The van der Waals surface area contributed by atoms with Crippen molar-refractivity contribution in [3.63, 3.8) is 0 Å². The van der Waals surface area contributed by atoms with E-state index in [4.69, 9.17) is 12.2 Å². The summed E-state index contributed by atoms with van der Waals surface area (Å²) in [5, 5.41) is 13.6. The van der Waals surface area contributed by atoms with E-state index in [1.54, 1.807) is 0 Å². The summed E-state index contributed by atoms with van der Waals surface area (Å²) in [6.07, 6.45) is 5.08. The molecule has 2 aromatic rings. The van der Waals surface area contributed by atoms with E-state index in [0.717, 1.165) is 17.4 Å². The van der Waals surface area contributed by atoms with E-state index in [1.165, 1.54) is 29.8 Å². The molecule has 26 heavy (non-hydrogen) atoms. The van der Waals surface area contributed by atoms with Gasteiger partial charge in [0.1, 0.15) is 0 Å². The number of aliphatic hydroxyl groups is 1. The molecule has 0 unspecified atom stereocenters. The molecule has 2 aliphatic rings. The number of aromatic nitrogens is 2. The number of pyridine rings is 1. The van der Waals surface area contributed by atoms with Crippen molar-refractivity contribution in [3.05, 3.63) is 53.1 Å². The molecule has 1 saturated carbocycles. The van der Waals surface area contributed by atoms with Crippen LogP contribution >= 0.6 is 12.2 Å². The number of aryl methyl sites for hydroxylation is 1. The van der Waals surface area contributed by atoms with Gasteiger partial charge >= 0.3 is 0 Å².